The molecule has 0 fully saturated rings. The molecule has 0 atom stereocenters. The molecule has 0 heterocycles. The van der Waals surface area contributed by atoms with E-state index < -0.39 is 5.97 Å². The summed E-state index contributed by atoms with van der Waals surface area (Å²) in [5.74, 6) is -0.567. The fourth-order valence-corrected chi connectivity index (χ4v) is 1.91. The Kier molecular flexibility index (Phi) is 6.11. The largest absolute Gasteiger partial charge is 0.484 e. The van der Waals surface area contributed by atoms with Gasteiger partial charge in [0.15, 0.2) is 6.61 Å². The maximum absolute atomic E-state index is 11.1. The average molecular weight is 341 g/mol. The smallest absolute Gasteiger partial charge is 0.335 e. The molecule has 25 heavy (non-hydrogen) atoms. The third kappa shape index (κ3) is 5.35. The summed E-state index contributed by atoms with van der Waals surface area (Å²) in [5, 5.41) is 15.6. The lowest BCUT2D eigenvalue weighted by Crippen LogP contribution is -2.24. The Bertz CT molecular complexity index is 768. The maximum atomic E-state index is 11.1. The van der Waals surface area contributed by atoms with E-state index in [0.29, 0.717) is 11.4 Å². The Morgan fingerprint density at radius 1 is 1.04 bits per heavy atom. The fourth-order valence-electron chi connectivity index (χ4n) is 1.91. The molecule has 3 N–H and O–H groups in total. The normalized spacial score (nSPS) is 10.9. The van der Waals surface area contributed by atoms with Crippen LogP contribution in [-0.2, 0) is 4.79 Å². The molecule has 130 valence electrons. The number of amides is 1. The van der Waals surface area contributed by atoms with Crippen molar-refractivity contribution in [3.8, 4) is 5.75 Å². The minimum atomic E-state index is -0.968. The Labute approximate surface area is 145 Å². The number of nitrogens with one attached hydrogen (secondary N) is 2. The molecule has 0 aromatic heterocycles. The minimum Gasteiger partial charge on any atom is -0.484 e. The number of nitrogens with zero attached hydrogens (tertiary/aromatic N) is 1. The number of benzene rings is 2. The first-order valence-electron chi connectivity index (χ1n) is 7.57. The Morgan fingerprint density at radius 2 is 1.64 bits per heavy atom. The standard InChI is InChI=1S/C18H19N3O4/c1-12(20-21-15-7-3-14(4-8-15)18(23)24)13-5-9-16(10-6-13)25-11-17(22)19-2/h3-10,21H,11H2,1-2H3,(H,19,22)(H,23,24)/b20-12-. The number of hydrogen-bond donors (Lipinski definition) is 3. The van der Waals surface area contributed by atoms with Crippen LogP contribution in [0.3, 0.4) is 0 Å². The monoisotopic (exact) mass is 341 g/mol. The van der Waals surface area contributed by atoms with Gasteiger partial charge in [0.05, 0.1) is 17.0 Å². The van der Waals surface area contributed by atoms with Gasteiger partial charge in [-0.3, -0.25) is 10.2 Å². The molecule has 0 aliphatic carbocycles. The van der Waals surface area contributed by atoms with E-state index in [-0.39, 0.29) is 18.1 Å². The van der Waals surface area contributed by atoms with Gasteiger partial charge in [-0.15, -0.1) is 0 Å². The number of hydrazone groups is 1. The summed E-state index contributed by atoms with van der Waals surface area (Å²) in [4.78, 5) is 22.0. The van der Waals surface area contributed by atoms with Gasteiger partial charge in [-0.2, -0.15) is 5.10 Å². The molecule has 2 aromatic carbocycles. The van der Waals surface area contributed by atoms with Crippen LogP contribution in [0.1, 0.15) is 22.8 Å². The van der Waals surface area contributed by atoms with Gasteiger partial charge in [0, 0.05) is 7.05 Å². The number of ether oxygens (including phenoxy) is 1. The Morgan fingerprint density at radius 3 is 2.20 bits per heavy atom. The van der Waals surface area contributed by atoms with Crippen molar-refractivity contribution < 1.29 is 19.4 Å². The number of carboxylic acids is 1. The van der Waals surface area contributed by atoms with E-state index in [9.17, 15) is 9.59 Å². The van der Waals surface area contributed by atoms with Gasteiger partial charge < -0.3 is 15.2 Å². The summed E-state index contributed by atoms with van der Waals surface area (Å²) in [6.45, 7) is 1.82. The van der Waals surface area contributed by atoms with E-state index in [1.54, 1.807) is 31.3 Å². The van der Waals surface area contributed by atoms with Crippen LogP contribution in [-0.4, -0.2) is 36.3 Å². The summed E-state index contributed by atoms with van der Waals surface area (Å²) in [6, 6.07) is 13.5. The zero-order valence-electron chi connectivity index (χ0n) is 13.9. The van der Waals surface area contributed by atoms with Gasteiger partial charge in [-0.05, 0) is 61.0 Å². The van der Waals surface area contributed by atoms with E-state index in [0.717, 1.165) is 11.3 Å². The highest BCUT2D eigenvalue weighted by atomic mass is 16.5. The fraction of sp³-hybridized carbons (Fsp3) is 0.167. The second-order valence-corrected chi connectivity index (χ2v) is 5.18. The highest BCUT2D eigenvalue weighted by Gasteiger charge is 2.03. The second kappa shape index (κ2) is 8.49. The van der Waals surface area contributed by atoms with Crippen LogP contribution in [0.4, 0.5) is 5.69 Å². The van der Waals surface area contributed by atoms with E-state index >= 15 is 0 Å². The van der Waals surface area contributed by atoms with Crippen molar-refractivity contribution in [2.24, 2.45) is 5.10 Å². The molecule has 0 radical (unpaired) electrons. The van der Waals surface area contributed by atoms with Crippen molar-refractivity contribution in [3.63, 3.8) is 0 Å². The molecule has 0 spiro atoms. The molecule has 7 heteroatoms. The van der Waals surface area contributed by atoms with Gasteiger partial charge in [0.2, 0.25) is 0 Å². The summed E-state index contributed by atoms with van der Waals surface area (Å²) in [6.07, 6.45) is 0. The number of anilines is 1. The molecule has 0 saturated carbocycles. The lowest BCUT2D eigenvalue weighted by molar-refractivity contribution is -0.122. The SMILES string of the molecule is CNC(=O)COc1ccc(/C(C)=N\Nc2ccc(C(=O)O)cc2)cc1. The van der Waals surface area contributed by atoms with E-state index in [1.807, 2.05) is 19.1 Å². The molecular formula is C18H19N3O4. The van der Waals surface area contributed by atoms with Gasteiger partial charge in [0.25, 0.3) is 5.91 Å². The maximum Gasteiger partial charge on any atom is 0.335 e. The molecule has 0 bridgehead atoms. The number of likely N-dealkylation sites (N-methyl/N-ethyl adjacent to an activating group) is 1. The van der Waals surface area contributed by atoms with Crippen molar-refractivity contribution in [1.82, 2.24) is 5.32 Å². The summed E-state index contributed by atoms with van der Waals surface area (Å²) < 4.78 is 5.34. The van der Waals surface area contributed by atoms with Crippen molar-refractivity contribution in [3.05, 3.63) is 59.7 Å². The topological polar surface area (TPSA) is 100 Å². The van der Waals surface area contributed by atoms with Crippen LogP contribution in [0, 0.1) is 0 Å². The molecule has 0 saturated heterocycles. The molecule has 2 rings (SSSR count). The van der Waals surface area contributed by atoms with Gasteiger partial charge >= 0.3 is 5.97 Å². The number of carboxylic acid groups (broad SMARTS) is 1. The molecular weight excluding hydrogens is 322 g/mol. The van der Waals surface area contributed by atoms with E-state index in [2.05, 4.69) is 15.8 Å². The van der Waals surface area contributed by atoms with Crippen LogP contribution in [0.15, 0.2) is 53.6 Å². The number of rotatable bonds is 7. The van der Waals surface area contributed by atoms with E-state index in [4.69, 9.17) is 9.84 Å². The van der Waals surface area contributed by atoms with Crippen molar-refractivity contribution in [2.75, 3.05) is 19.1 Å². The minimum absolute atomic E-state index is 0.0309. The quantitative estimate of drug-likeness (QED) is 0.530. The molecule has 7 nitrogen and oxygen atoms in total. The lowest BCUT2D eigenvalue weighted by atomic mass is 10.1. The van der Waals surface area contributed by atoms with Gasteiger partial charge in [-0.25, -0.2) is 4.79 Å². The van der Waals surface area contributed by atoms with Crippen LogP contribution in [0.25, 0.3) is 0 Å². The molecule has 0 aliphatic heterocycles. The summed E-state index contributed by atoms with van der Waals surface area (Å²) >= 11 is 0. The van der Waals surface area contributed by atoms with Gasteiger partial charge in [0.1, 0.15) is 5.75 Å². The number of aromatic carboxylic acids is 1. The third-order valence-electron chi connectivity index (χ3n) is 3.41. The van der Waals surface area contributed by atoms with Crippen LogP contribution in [0.5, 0.6) is 5.75 Å². The highest BCUT2D eigenvalue weighted by molar-refractivity contribution is 5.99. The first-order valence-corrected chi connectivity index (χ1v) is 7.57. The number of hydrogen-bond acceptors (Lipinski definition) is 5. The molecule has 2 aromatic rings. The van der Waals surface area contributed by atoms with Crippen molar-refractivity contribution in [2.45, 2.75) is 6.92 Å². The molecule has 0 aliphatic rings. The molecule has 0 unspecified atom stereocenters. The highest BCUT2D eigenvalue weighted by Crippen LogP contribution is 2.14. The van der Waals surface area contributed by atoms with Crippen LogP contribution >= 0.6 is 0 Å². The van der Waals surface area contributed by atoms with Crippen LogP contribution in [0.2, 0.25) is 0 Å². The second-order valence-electron chi connectivity index (χ2n) is 5.18. The molecule has 1 amide bonds. The van der Waals surface area contributed by atoms with E-state index in [1.165, 1.54) is 12.1 Å². The van der Waals surface area contributed by atoms with Gasteiger partial charge in [-0.1, -0.05) is 0 Å². The zero-order chi connectivity index (χ0) is 18.2. The summed E-state index contributed by atoms with van der Waals surface area (Å²) in [5.41, 5.74) is 5.43. The van der Waals surface area contributed by atoms with Crippen LogP contribution < -0.4 is 15.5 Å². The Balaban J connectivity index is 1.97. The van der Waals surface area contributed by atoms with Crippen molar-refractivity contribution >= 4 is 23.3 Å². The third-order valence-corrected chi connectivity index (χ3v) is 3.41. The first-order chi connectivity index (χ1) is 12.0. The Hall–Kier alpha value is -3.35. The average Bonchev–Trinajstić information content (AvgIpc) is 2.64. The predicted octanol–water partition coefficient (Wildman–Crippen LogP) is 2.35. The van der Waals surface area contributed by atoms with Crippen molar-refractivity contribution in [1.29, 1.82) is 0 Å². The first kappa shape index (κ1) is 18.0. The number of carbonyl (C=O) groups excluding carboxylic acids is 1. The summed E-state index contributed by atoms with van der Waals surface area (Å²) in [7, 11) is 1.55. The zero-order valence-corrected chi connectivity index (χ0v) is 13.9. The number of carbonyl (C=O) groups is 2. The lowest BCUT2D eigenvalue weighted by Gasteiger charge is -2.07. The predicted molar refractivity (Wildman–Crippen MR) is 95.2 cm³/mol.